The highest BCUT2D eigenvalue weighted by Gasteiger charge is 2.16. The summed E-state index contributed by atoms with van der Waals surface area (Å²) in [5.41, 5.74) is 1.51. The van der Waals surface area contributed by atoms with Gasteiger partial charge in [-0.25, -0.2) is 4.39 Å². The molecule has 106 valence electrons. The van der Waals surface area contributed by atoms with E-state index in [1.807, 2.05) is 30.3 Å². The maximum absolute atomic E-state index is 13.4. The van der Waals surface area contributed by atoms with Crippen molar-refractivity contribution in [3.63, 3.8) is 0 Å². The fraction of sp³-hybridized carbons (Fsp3) is 0.118. The Morgan fingerprint density at radius 1 is 1.10 bits per heavy atom. The lowest BCUT2D eigenvalue weighted by Gasteiger charge is -2.09. The summed E-state index contributed by atoms with van der Waals surface area (Å²) in [5, 5.41) is 0.954. The molecular weight excluding hydrogens is 335 g/mol. The Kier molecular flexibility index (Phi) is 3.88. The predicted octanol–water partition coefficient (Wildman–Crippen LogP) is 4.54. The fourth-order valence-corrected chi connectivity index (χ4v) is 2.73. The molecule has 0 saturated heterocycles. The Bertz CT molecular complexity index is 841. The second kappa shape index (κ2) is 5.82. The van der Waals surface area contributed by atoms with Crippen LogP contribution in [0.2, 0.25) is 0 Å². The Balaban J connectivity index is 2.37. The molecule has 0 aliphatic carbocycles. The van der Waals surface area contributed by atoms with Gasteiger partial charge in [-0.3, -0.25) is 4.79 Å². The van der Waals surface area contributed by atoms with Crippen molar-refractivity contribution in [2.45, 2.75) is 6.42 Å². The van der Waals surface area contributed by atoms with Crippen LogP contribution in [0.15, 0.2) is 57.7 Å². The van der Waals surface area contributed by atoms with Crippen LogP contribution in [0.25, 0.3) is 22.1 Å². The van der Waals surface area contributed by atoms with Crippen molar-refractivity contribution in [2.75, 3.05) is 5.33 Å². The van der Waals surface area contributed by atoms with Gasteiger partial charge >= 0.3 is 0 Å². The van der Waals surface area contributed by atoms with Crippen molar-refractivity contribution in [3.8, 4) is 11.1 Å². The number of benzene rings is 2. The van der Waals surface area contributed by atoms with E-state index in [1.54, 1.807) is 0 Å². The van der Waals surface area contributed by atoms with Gasteiger partial charge in [-0.2, -0.15) is 0 Å². The van der Waals surface area contributed by atoms with Gasteiger partial charge in [0.1, 0.15) is 17.2 Å². The average molecular weight is 347 g/mol. The van der Waals surface area contributed by atoms with Gasteiger partial charge in [-0.05, 0) is 23.8 Å². The molecule has 0 bridgehead atoms. The Morgan fingerprint density at radius 2 is 1.86 bits per heavy atom. The highest BCUT2D eigenvalue weighted by molar-refractivity contribution is 9.09. The molecule has 0 saturated carbocycles. The number of alkyl halides is 1. The van der Waals surface area contributed by atoms with Crippen LogP contribution in [0.5, 0.6) is 0 Å². The van der Waals surface area contributed by atoms with Crippen LogP contribution in [-0.2, 0) is 6.42 Å². The van der Waals surface area contributed by atoms with Crippen LogP contribution < -0.4 is 5.43 Å². The molecule has 3 aromatic rings. The Morgan fingerprint density at radius 3 is 2.57 bits per heavy atom. The van der Waals surface area contributed by atoms with Crippen molar-refractivity contribution in [3.05, 3.63) is 70.3 Å². The summed E-state index contributed by atoms with van der Waals surface area (Å²) in [7, 11) is 0. The van der Waals surface area contributed by atoms with Gasteiger partial charge in [0.05, 0.1) is 10.9 Å². The number of hydrogen-bond acceptors (Lipinski definition) is 2. The molecule has 1 aromatic heterocycles. The molecular formula is C17H12BrFO2. The second-order valence-corrected chi connectivity index (χ2v) is 5.47. The predicted molar refractivity (Wildman–Crippen MR) is 85.4 cm³/mol. The van der Waals surface area contributed by atoms with E-state index >= 15 is 0 Å². The minimum absolute atomic E-state index is 0.196. The first-order valence-electron chi connectivity index (χ1n) is 6.57. The first-order valence-corrected chi connectivity index (χ1v) is 7.69. The lowest BCUT2D eigenvalue weighted by atomic mass is 10.0. The SMILES string of the molecule is O=c1c(-c2ccccc2)c(CCBr)oc2ccc(F)cc12. The Labute approximate surface area is 129 Å². The third kappa shape index (κ3) is 2.63. The van der Waals surface area contributed by atoms with Gasteiger partial charge in [-0.15, -0.1) is 0 Å². The summed E-state index contributed by atoms with van der Waals surface area (Å²) in [6.07, 6.45) is 0.590. The van der Waals surface area contributed by atoms with Crippen molar-refractivity contribution in [1.82, 2.24) is 0 Å². The van der Waals surface area contributed by atoms with Crippen LogP contribution in [0.4, 0.5) is 4.39 Å². The second-order valence-electron chi connectivity index (χ2n) is 4.67. The molecule has 0 radical (unpaired) electrons. The standard InChI is InChI=1S/C17H12BrFO2/c18-9-8-15-16(11-4-2-1-3-5-11)17(20)13-10-12(19)6-7-14(13)21-15/h1-7,10H,8-9H2. The molecule has 2 aromatic carbocycles. The topological polar surface area (TPSA) is 30.2 Å². The first-order chi connectivity index (χ1) is 10.2. The van der Waals surface area contributed by atoms with E-state index < -0.39 is 5.82 Å². The van der Waals surface area contributed by atoms with E-state index in [2.05, 4.69) is 15.9 Å². The molecule has 0 unspecified atom stereocenters. The van der Waals surface area contributed by atoms with Gasteiger partial charge in [0.25, 0.3) is 0 Å². The van der Waals surface area contributed by atoms with E-state index in [4.69, 9.17) is 4.42 Å². The Hall–Kier alpha value is -1.94. The first kappa shape index (κ1) is 14.0. The molecule has 1 heterocycles. The molecule has 0 aliphatic heterocycles. The van der Waals surface area contributed by atoms with E-state index in [0.717, 1.165) is 5.56 Å². The normalized spacial score (nSPS) is 11.0. The molecule has 21 heavy (non-hydrogen) atoms. The maximum atomic E-state index is 13.4. The number of halogens is 2. The van der Waals surface area contributed by atoms with Crippen LogP contribution >= 0.6 is 15.9 Å². The lowest BCUT2D eigenvalue weighted by molar-refractivity contribution is 0.546. The van der Waals surface area contributed by atoms with Gasteiger partial charge < -0.3 is 4.42 Å². The molecule has 4 heteroatoms. The van der Waals surface area contributed by atoms with Gasteiger partial charge in [0, 0.05) is 11.8 Å². The van der Waals surface area contributed by atoms with Gasteiger partial charge in [0.15, 0.2) is 0 Å². The zero-order chi connectivity index (χ0) is 14.8. The molecule has 0 spiro atoms. The van der Waals surface area contributed by atoms with Crippen molar-refractivity contribution < 1.29 is 8.81 Å². The number of hydrogen-bond donors (Lipinski definition) is 0. The monoisotopic (exact) mass is 346 g/mol. The van der Waals surface area contributed by atoms with E-state index in [1.165, 1.54) is 18.2 Å². The average Bonchev–Trinajstić information content (AvgIpc) is 2.50. The lowest BCUT2D eigenvalue weighted by Crippen LogP contribution is -2.10. The molecule has 0 fully saturated rings. The highest BCUT2D eigenvalue weighted by atomic mass is 79.9. The summed E-state index contributed by atoms with van der Waals surface area (Å²) in [6.45, 7) is 0. The van der Waals surface area contributed by atoms with E-state index in [9.17, 15) is 9.18 Å². The van der Waals surface area contributed by atoms with Gasteiger partial charge in [-0.1, -0.05) is 46.3 Å². The smallest absolute Gasteiger partial charge is 0.200 e. The van der Waals surface area contributed by atoms with Crippen LogP contribution in [0, 0.1) is 5.82 Å². The minimum Gasteiger partial charge on any atom is -0.460 e. The maximum Gasteiger partial charge on any atom is 0.200 e. The molecule has 0 atom stereocenters. The largest absolute Gasteiger partial charge is 0.460 e. The van der Waals surface area contributed by atoms with E-state index in [0.29, 0.717) is 28.7 Å². The summed E-state index contributed by atoms with van der Waals surface area (Å²) in [6, 6.07) is 13.3. The van der Waals surface area contributed by atoms with Crippen LogP contribution in [0.1, 0.15) is 5.76 Å². The van der Waals surface area contributed by atoms with Crippen molar-refractivity contribution in [1.29, 1.82) is 0 Å². The highest BCUT2D eigenvalue weighted by Crippen LogP contribution is 2.25. The number of fused-ring (bicyclic) bond motifs is 1. The summed E-state index contributed by atoms with van der Waals surface area (Å²) >= 11 is 3.37. The number of aryl methyl sites for hydroxylation is 1. The van der Waals surface area contributed by atoms with Crippen LogP contribution in [0.3, 0.4) is 0 Å². The quantitative estimate of drug-likeness (QED) is 0.652. The summed E-state index contributed by atoms with van der Waals surface area (Å²) < 4.78 is 19.2. The van der Waals surface area contributed by atoms with Crippen molar-refractivity contribution >= 4 is 26.9 Å². The molecule has 0 aliphatic rings. The van der Waals surface area contributed by atoms with Gasteiger partial charge in [0.2, 0.25) is 5.43 Å². The number of rotatable bonds is 3. The third-order valence-corrected chi connectivity index (χ3v) is 3.71. The van der Waals surface area contributed by atoms with E-state index in [-0.39, 0.29) is 10.8 Å². The van der Waals surface area contributed by atoms with Crippen molar-refractivity contribution in [2.24, 2.45) is 0 Å². The summed E-state index contributed by atoms with van der Waals surface area (Å²) in [4.78, 5) is 12.7. The third-order valence-electron chi connectivity index (χ3n) is 3.31. The summed E-state index contributed by atoms with van der Waals surface area (Å²) in [5.74, 6) is 0.171. The molecule has 3 rings (SSSR count). The zero-order valence-corrected chi connectivity index (χ0v) is 12.7. The minimum atomic E-state index is -0.443. The molecule has 0 N–H and O–H groups in total. The van der Waals surface area contributed by atoms with Crippen LogP contribution in [-0.4, -0.2) is 5.33 Å². The fourth-order valence-electron chi connectivity index (χ4n) is 2.37. The molecule has 0 amide bonds. The zero-order valence-electron chi connectivity index (χ0n) is 11.1. The molecule has 2 nitrogen and oxygen atoms in total.